The number of benzene rings is 1. The Morgan fingerprint density at radius 3 is 3.00 bits per heavy atom. The molecule has 3 rings (SSSR count). The summed E-state index contributed by atoms with van der Waals surface area (Å²) in [6.07, 6.45) is 0. The second-order valence-electron chi connectivity index (χ2n) is 4.70. The first-order valence-electron chi connectivity index (χ1n) is 6.28. The molecule has 0 saturated heterocycles. The molecule has 1 amide bonds. The molecular formula is C14H15N3O2. The van der Waals surface area contributed by atoms with Gasteiger partial charge < -0.3 is 10.1 Å². The summed E-state index contributed by atoms with van der Waals surface area (Å²) in [5.41, 5.74) is 1.63. The maximum Gasteiger partial charge on any atom is 0.269 e. The summed E-state index contributed by atoms with van der Waals surface area (Å²) in [6.45, 7) is 3.08. The first-order chi connectivity index (χ1) is 9.22. The van der Waals surface area contributed by atoms with Crippen molar-refractivity contribution in [1.29, 1.82) is 0 Å². The van der Waals surface area contributed by atoms with Gasteiger partial charge in [0.15, 0.2) is 0 Å². The smallest absolute Gasteiger partial charge is 0.269 e. The van der Waals surface area contributed by atoms with E-state index in [0.717, 1.165) is 5.56 Å². The van der Waals surface area contributed by atoms with E-state index in [0.29, 0.717) is 24.7 Å². The average Bonchev–Trinajstić information content (AvgIpc) is 2.81. The summed E-state index contributed by atoms with van der Waals surface area (Å²) in [5.74, 6) is 0.393. The van der Waals surface area contributed by atoms with E-state index in [4.69, 9.17) is 4.74 Å². The predicted molar refractivity (Wildman–Crippen MR) is 69.9 cm³/mol. The summed E-state index contributed by atoms with van der Waals surface area (Å²) in [7, 11) is 0. The molecule has 0 radical (unpaired) electrons. The molecule has 98 valence electrons. The van der Waals surface area contributed by atoms with E-state index in [2.05, 4.69) is 10.4 Å². The number of amides is 1. The molecule has 19 heavy (non-hydrogen) atoms. The molecule has 5 heteroatoms. The number of hydrogen-bond acceptors (Lipinski definition) is 3. The van der Waals surface area contributed by atoms with Gasteiger partial charge in [-0.05, 0) is 12.5 Å². The summed E-state index contributed by atoms with van der Waals surface area (Å²) < 4.78 is 7.31. The predicted octanol–water partition coefficient (Wildman–Crippen LogP) is 1.59. The fourth-order valence-electron chi connectivity index (χ4n) is 2.12. The Morgan fingerprint density at radius 2 is 2.21 bits per heavy atom. The zero-order chi connectivity index (χ0) is 13.2. The molecule has 0 unspecified atom stereocenters. The lowest BCUT2D eigenvalue weighted by Crippen LogP contribution is -2.42. The van der Waals surface area contributed by atoms with Crippen LogP contribution in [0.2, 0.25) is 0 Å². The van der Waals surface area contributed by atoms with Crippen LogP contribution in [0.1, 0.15) is 23.0 Å². The molecule has 1 aromatic carbocycles. The molecule has 2 heterocycles. The number of nitrogens with zero attached hydrogens (tertiary/aromatic N) is 2. The van der Waals surface area contributed by atoms with Gasteiger partial charge in [-0.3, -0.25) is 9.48 Å². The summed E-state index contributed by atoms with van der Waals surface area (Å²) in [6, 6.07) is 11.7. The lowest BCUT2D eigenvalue weighted by molar-refractivity contribution is 0.0901. The average molecular weight is 257 g/mol. The minimum Gasteiger partial charge on any atom is -0.472 e. The first-order valence-corrected chi connectivity index (χ1v) is 6.28. The van der Waals surface area contributed by atoms with E-state index in [1.54, 1.807) is 10.7 Å². The van der Waals surface area contributed by atoms with E-state index in [-0.39, 0.29) is 11.9 Å². The van der Waals surface area contributed by atoms with Crippen molar-refractivity contribution in [3.63, 3.8) is 0 Å². The number of hydrogen-bond donors (Lipinski definition) is 1. The van der Waals surface area contributed by atoms with Crippen molar-refractivity contribution in [2.45, 2.75) is 26.1 Å². The molecule has 1 N–H and O–H groups in total. The highest BCUT2D eigenvalue weighted by molar-refractivity contribution is 5.93. The second-order valence-corrected chi connectivity index (χ2v) is 4.70. The van der Waals surface area contributed by atoms with Gasteiger partial charge in [0, 0.05) is 12.1 Å². The van der Waals surface area contributed by atoms with Crippen LogP contribution in [0.4, 0.5) is 0 Å². The normalized spacial score (nSPS) is 17.7. The number of fused-ring (bicyclic) bond motifs is 1. The van der Waals surface area contributed by atoms with Crippen molar-refractivity contribution in [2.24, 2.45) is 0 Å². The van der Waals surface area contributed by atoms with Crippen molar-refractivity contribution >= 4 is 5.91 Å². The van der Waals surface area contributed by atoms with Gasteiger partial charge in [0.1, 0.15) is 12.3 Å². The SMILES string of the molecule is C[C@@H]1Cn2nc(OCc3ccccc3)cc2C(=O)N1. The summed E-state index contributed by atoms with van der Waals surface area (Å²) >= 11 is 0. The number of nitrogens with one attached hydrogen (secondary N) is 1. The van der Waals surface area contributed by atoms with Crippen LogP contribution in [0.3, 0.4) is 0 Å². The number of aromatic nitrogens is 2. The third-order valence-corrected chi connectivity index (χ3v) is 3.04. The van der Waals surface area contributed by atoms with Crippen LogP contribution >= 0.6 is 0 Å². The molecule has 0 spiro atoms. The third-order valence-electron chi connectivity index (χ3n) is 3.04. The quantitative estimate of drug-likeness (QED) is 0.908. The number of carbonyl (C=O) groups excluding carboxylic acids is 1. The van der Waals surface area contributed by atoms with Crippen molar-refractivity contribution in [3.8, 4) is 5.88 Å². The highest BCUT2D eigenvalue weighted by Gasteiger charge is 2.23. The highest BCUT2D eigenvalue weighted by Crippen LogP contribution is 2.17. The van der Waals surface area contributed by atoms with Crippen LogP contribution in [0.15, 0.2) is 36.4 Å². The van der Waals surface area contributed by atoms with Crippen LogP contribution < -0.4 is 10.1 Å². The maximum absolute atomic E-state index is 11.8. The molecule has 0 bridgehead atoms. The molecule has 0 saturated carbocycles. The molecule has 1 aromatic heterocycles. The molecule has 2 aromatic rings. The Kier molecular flexibility index (Phi) is 2.95. The van der Waals surface area contributed by atoms with Crippen LogP contribution in [0.5, 0.6) is 5.88 Å². The highest BCUT2D eigenvalue weighted by atomic mass is 16.5. The van der Waals surface area contributed by atoms with E-state index in [1.807, 2.05) is 37.3 Å². The standard InChI is InChI=1S/C14H15N3O2/c1-10-8-17-12(14(18)15-10)7-13(16-17)19-9-11-5-3-2-4-6-11/h2-7,10H,8-9H2,1H3,(H,15,18)/t10-/m1/s1. The fraction of sp³-hybridized carbons (Fsp3) is 0.286. The molecule has 1 aliphatic rings. The van der Waals surface area contributed by atoms with Crippen molar-refractivity contribution in [2.75, 3.05) is 0 Å². The second kappa shape index (κ2) is 4.76. The van der Waals surface area contributed by atoms with E-state index in [9.17, 15) is 4.79 Å². The minimum atomic E-state index is -0.0965. The van der Waals surface area contributed by atoms with E-state index >= 15 is 0 Å². The zero-order valence-electron chi connectivity index (χ0n) is 10.7. The lowest BCUT2D eigenvalue weighted by Gasteiger charge is -2.20. The Hall–Kier alpha value is -2.30. The van der Waals surface area contributed by atoms with E-state index in [1.165, 1.54) is 0 Å². The van der Waals surface area contributed by atoms with Gasteiger partial charge in [-0.2, -0.15) is 0 Å². The van der Waals surface area contributed by atoms with Gasteiger partial charge in [-0.15, -0.1) is 5.10 Å². The monoisotopic (exact) mass is 257 g/mol. The summed E-state index contributed by atoms with van der Waals surface area (Å²) in [4.78, 5) is 11.8. The zero-order valence-corrected chi connectivity index (χ0v) is 10.7. The van der Waals surface area contributed by atoms with Crippen molar-refractivity contribution in [3.05, 3.63) is 47.7 Å². The van der Waals surface area contributed by atoms with Gasteiger partial charge in [-0.25, -0.2) is 0 Å². The molecule has 5 nitrogen and oxygen atoms in total. The summed E-state index contributed by atoms with van der Waals surface area (Å²) in [5, 5.41) is 7.17. The number of ether oxygens (including phenoxy) is 1. The van der Waals surface area contributed by atoms with Crippen LogP contribution in [-0.2, 0) is 13.2 Å². The van der Waals surface area contributed by atoms with Crippen LogP contribution in [0, 0.1) is 0 Å². The first kappa shape index (κ1) is 11.8. The number of carbonyl (C=O) groups is 1. The van der Waals surface area contributed by atoms with Crippen molar-refractivity contribution < 1.29 is 9.53 Å². The van der Waals surface area contributed by atoms with Gasteiger partial charge in [0.05, 0.1) is 6.54 Å². The maximum atomic E-state index is 11.8. The number of rotatable bonds is 3. The van der Waals surface area contributed by atoms with Crippen LogP contribution in [-0.4, -0.2) is 21.7 Å². The van der Waals surface area contributed by atoms with Gasteiger partial charge in [-0.1, -0.05) is 30.3 Å². The Balaban J connectivity index is 1.73. The van der Waals surface area contributed by atoms with Crippen LogP contribution in [0.25, 0.3) is 0 Å². The Bertz CT molecular complexity index is 592. The fourth-order valence-corrected chi connectivity index (χ4v) is 2.12. The van der Waals surface area contributed by atoms with Gasteiger partial charge in [0.25, 0.3) is 5.91 Å². The molecule has 0 aliphatic carbocycles. The molecule has 0 fully saturated rings. The lowest BCUT2D eigenvalue weighted by atomic mass is 10.2. The Morgan fingerprint density at radius 1 is 1.42 bits per heavy atom. The topological polar surface area (TPSA) is 56.2 Å². The Labute approximate surface area is 111 Å². The third kappa shape index (κ3) is 2.45. The molecular weight excluding hydrogens is 242 g/mol. The van der Waals surface area contributed by atoms with Gasteiger partial charge in [0.2, 0.25) is 5.88 Å². The van der Waals surface area contributed by atoms with Gasteiger partial charge >= 0.3 is 0 Å². The largest absolute Gasteiger partial charge is 0.472 e. The molecule has 1 atom stereocenters. The molecule has 1 aliphatic heterocycles. The van der Waals surface area contributed by atoms with E-state index < -0.39 is 0 Å². The van der Waals surface area contributed by atoms with Crippen molar-refractivity contribution in [1.82, 2.24) is 15.1 Å². The minimum absolute atomic E-state index is 0.0965.